The summed E-state index contributed by atoms with van der Waals surface area (Å²) in [5.74, 6) is -1.37. The number of hydrogen-bond acceptors (Lipinski definition) is 6. The molecule has 3 amide bonds. The molecule has 10 heteroatoms. The average Bonchev–Trinajstić information content (AvgIpc) is 3.51. The standard InChI is InChI=1S/C31H27FN4O5/c1-17-13-26(41-36-17)34-30(39)31(2,3)35-29(38)21-6-4-5-19(15-21)20-9-12-24-23(16-20)27(28(33)37)25(40-24)14-18-7-10-22(32)11-8-18/h4-13,15-16H,14H2,1-3H3,(H2,33,37)(H,34,39)(H,35,38). The summed E-state index contributed by atoms with van der Waals surface area (Å²) >= 11 is 0. The lowest BCUT2D eigenvalue weighted by Gasteiger charge is -2.24. The van der Waals surface area contributed by atoms with Gasteiger partial charge in [-0.2, -0.15) is 0 Å². The number of furan rings is 1. The van der Waals surface area contributed by atoms with Crippen LogP contribution in [0.1, 0.15) is 51.6 Å². The SMILES string of the molecule is Cc1cc(NC(=O)C(C)(C)NC(=O)c2cccc(-c3ccc4oc(Cc5ccc(F)cc5)c(C(N)=O)c4c3)c2)on1. The predicted octanol–water partition coefficient (Wildman–Crippen LogP) is 5.37. The van der Waals surface area contributed by atoms with Gasteiger partial charge in [-0.25, -0.2) is 4.39 Å². The average molecular weight is 555 g/mol. The molecule has 2 heterocycles. The van der Waals surface area contributed by atoms with Gasteiger partial charge < -0.3 is 20.0 Å². The highest BCUT2D eigenvalue weighted by Gasteiger charge is 2.31. The number of nitrogens with one attached hydrogen (secondary N) is 2. The van der Waals surface area contributed by atoms with Crippen molar-refractivity contribution in [3.8, 4) is 11.1 Å². The molecule has 2 aromatic heterocycles. The van der Waals surface area contributed by atoms with E-state index in [1.54, 1.807) is 69.3 Å². The number of fused-ring (bicyclic) bond motifs is 1. The Kier molecular flexibility index (Phi) is 7.15. The molecule has 4 N–H and O–H groups in total. The summed E-state index contributed by atoms with van der Waals surface area (Å²) < 4.78 is 24.3. The van der Waals surface area contributed by atoms with Crippen LogP contribution in [0, 0.1) is 12.7 Å². The monoisotopic (exact) mass is 554 g/mol. The van der Waals surface area contributed by atoms with Crippen molar-refractivity contribution in [3.63, 3.8) is 0 Å². The Labute approximate surface area is 234 Å². The molecule has 0 fully saturated rings. The number of carbonyl (C=O) groups is 3. The first-order valence-electron chi connectivity index (χ1n) is 12.8. The minimum atomic E-state index is -1.26. The molecule has 0 bridgehead atoms. The van der Waals surface area contributed by atoms with E-state index in [1.165, 1.54) is 12.1 Å². The zero-order valence-corrected chi connectivity index (χ0v) is 22.6. The van der Waals surface area contributed by atoms with E-state index >= 15 is 0 Å². The van der Waals surface area contributed by atoms with Gasteiger partial charge in [-0.15, -0.1) is 0 Å². The summed E-state index contributed by atoms with van der Waals surface area (Å²) in [5, 5.41) is 9.62. The van der Waals surface area contributed by atoms with Crippen molar-refractivity contribution >= 4 is 34.6 Å². The number of halogens is 1. The van der Waals surface area contributed by atoms with Crippen LogP contribution in [0.15, 0.2) is 81.7 Å². The highest BCUT2D eigenvalue weighted by molar-refractivity contribution is 6.08. The van der Waals surface area contributed by atoms with E-state index in [4.69, 9.17) is 14.7 Å². The molecule has 5 aromatic rings. The molecular formula is C31H27FN4O5. The van der Waals surface area contributed by atoms with Crippen LogP contribution in [0.2, 0.25) is 0 Å². The van der Waals surface area contributed by atoms with Crippen LogP contribution in [0.4, 0.5) is 10.3 Å². The highest BCUT2D eigenvalue weighted by atomic mass is 19.1. The van der Waals surface area contributed by atoms with Gasteiger partial charge in [0.1, 0.15) is 22.7 Å². The minimum Gasteiger partial charge on any atom is -0.460 e. The Morgan fingerprint density at radius 3 is 2.39 bits per heavy atom. The topological polar surface area (TPSA) is 140 Å². The zero-order chi connectivity index (χ0) is 29.3. The number of hydrogen-bond donors (Lipinski definition) is 3. The fourth-order valence-corrected chi connectivity index (χ4v) is 4.45. The maximum atomic E-state index is 13.3. The number of aryl methyl sites for hydroxylation is 1. The van der Waals surface area contributed by atoms with E-state index in [-0.39, 0.29) is 23.7 Å². The molecule has 0 aliphatic carbocycles. The summed E-state index contributed by atoms with van der Waals surface area (Å²) in [7, 11) is 0. The molecule has 0 unspecified atom stereocenters. The second kappa shape index (κ2) is 10.7. The summed E-state index contributed by atoms with van der Waals surface area (Å²) in [4.78, 5) is 38.3. The van der Waals surface area contributed by atoms with E-state index in [2.05, 4.69) is 15.8 Å². The van der Waals surface area contributed by atoms with Crippen molar-refractivity contribution in [3.05, 3.63) is 107 Å². The third-order valence-electron chi connectivity index (χ3n) is 6.60. The van der Waals surface area contributed by atoms with Crippen molar-refractivity contribution in [1.29, 1.82) is 0 Å². The Bertz CT molecular complexity index is 1790. The van der Waals surface area contributed by atoms with Gasteiger partial charge in [0, 0.05) is 23.4 Å². The van der Waals surface area contributed by atoms with Gasteiger partial charge in [0.05, 0.1) is 11.3 Å². The maximum absolute atomic E-state index is 13.3. The van der Waals surface area contributed by atoms with Crippen LogP contribution in [0.25, 0.3) is 22.1 Å². The summed E-state index contributed by atoms with van der Waals surface area (Å²) in [5.41, 5.74) is 8.33. The van der Waals surface area contributed by atoms with Gasteiger partial charge in [0.2, 0.25) is 5.88 Å². The first-order chi connectivity index (χ1) is 19.5. The number of amides is 3. The van der Waals surface area contributed by atoms with Crippen molar-refractivity contribution in [2.24, 2.45) is 5.73 Å². The van der Waals surface area contributed by atoms with E-state index in [1.807, 2.05) is 12.1 Å². The number of carbonyl (C=O) groups excluding carboxylic acids is 3. The number of anilines is 1. The molecular weight excluding hydrogens is 527 g/mol. The Balaban J connectivity index is 1.39. The minimum absolute atomic E-state index is 0.183. The lowest BCUT2D eigenvalue weighted by atomic mass is 9.98. The first-order valence-corrected chi connectivity index (χ1v) is 12.8. The van der Waals surface area contributed by atoms with Crippen molar-refractivity contribution in [1.82, 2.24) is 10.5 Å². The second-order valence-corrected chi connectivity index (χ2v) is 10.2. The van der Waals surface area contributed by atoms with Crippen LogP contribution >= 0.6 is 0 Å². The van der Waals surface area contributed by atoms with E-state index in [0.29, 0.717) is 33.6 Å². The molecule has 0 saturated heterocycles. The number of primary amides is 1. The number of aromatic nitrogens is 1. The quantitative estimate of drug-likeness (QED) is 0.235. The summed E-state index contributed by atoms with van der Waals surface area (Å²) in [6.07, 6.45) is 0.262. The molecule has 0 aliphatic heterocycles. The fraction of sp³-hybridized carbons (Fsp3) is 0.161. The molecule has 208 valence electrons. The third kappa shape index (κ3) is 5.86. The van der Waals surface area contributed by atoms with Gasteiger partial charge in [-0.05, 0) is 73.9 Å². The largest absolute Gasteiger partial charge is 0.460 e. The van der Waals surface area contributed by atoms with Crippen LogP contribution in [0.5, 0.6) is 0 Å². The second-order valence-electron chi connectivity index (χ2n) is 10.2. The van der Waals surface area contributed by atoms with Crippen LogP contribution < -0.4 is 16.4 Å². The molecule has 0 atom stereocenters. The molecule has 0 aliphatic rings. The maximum Gasteiger partial charge on any atom is 0.252 e. The van der Waals surface area contributed by atoms with E-state index < -0.39 is 23.3 Å². The highest BCUT2D eigenvalue weighted by Crippen LogP contribution is 2.32. The Morgan fingerprint density at radius 1 is 0.976 bits per heavy atom. The normalized spacial score (nSPS) is 11.4. The van der Waals surface area contributed by atoms with Crippen LogP contribution in [-0.2, 0) is 11.2 Å². The van der Waals surface area contributed by atoms with Gasteiger partial charge in [0.25, 0.3) is 17.7 Å². The Hall–Kier alpha value is -5.25. The molecule has 0 saturated carbocycles. The number of nitrogens with zero attached hydrogens (tertiary/aromatic N) is 1. The van der Waals surface area contributed by atoms with E-state index in [9.17, 15) is 18.8 Å². The molecule has 3 aromatic carbocycles. The lowest BCUT2D eigenvalue weighted by molar-refractivity contribution is -0.121. The van der Waals surface area contributed by atoms with Gasteiger partial charge >= 0.3 is 0 Å². The number of benzene rings is 3. The number of rotatable bonds is 8. The molecule has 0 radical (unpaired) electrons. The third-order valence-corrected chi connectivity index (χ3v) is 6.60. The first kappa shape index (κ1) is 27.3. The van der Waals surface area contributed by atoms with Gasteiger partial charge in [0.15, 0.2) is 0 Å². The zero-order valence-electron chi connectivity index (χ0n) is 22.6. The molecule has 5 rings (SSSR count). The van der Waals surface area contributed by atoms with Crippen LogP contribution in [0.3, 0.4) is 0 Å². The van der Waals surface area contributed by atoms with Gasteiger partial charge in [-0.3, -0.25) is 19.7 Å². The Morgan fingerprint density at radius 2 is 1.71 bits per heavy atom. The van der Waals surface area contributed by atoms with Crippen molar-refractivity contribution in [2.45, 2.75) is 32.7 Å². The fourth-order valence-electron chi connectivity index (χ4n) is 4.45. The summed E-state index contributed by atoms with van der Waals surface area (Å²) in [6, 6.07) is 19.7. The molecule has 0 spiro atoms. The smallest absolute Gasteiger partial charge is 0.252 e. The number of nitrogens with two attached hydrogens (primary N) is 1. The molecule has 41 heavy (non-hydrogen) atoms. The predicted molar refractivity (Wildman–Crippen MR) is 151 cm³/mol. The van der Waals surface area contributed by atoms with Crippen molar-refractivity contribution < 1.29 is 27.7 Å². The summed E-state index contributed by atoms with van der Waals surface area (Å²) in [6.45, 7) is 4.88. The lowest BCUT2D eigenvalue weighted by Crippen LogP contribution is -2.52. The molecule has 9 nitrogen and oxygen atoms in total. The van der Waals surface area contributed by atoms with E-state index in [0.717, 1.165) is 11.1 Å². The van der Waals surface area contributed by atoms with Crippen molar-refractivity contribution in [2.75, 3.05) is 5.32 Å². The van der Waals surface area contributed by atoms with Gasteiger partial charge in [-0.1, -0.05) is 35.5 Å². The van der Waals surface area contributed by atoms with Crippen LogP contribution in [-0.4, -0.2) is 28.4 Å².